The number of alkyl halides is 3. The summed E-state index contributed by atoms with van der Waals surface area (Å²) in [4.78, 5) is 7.98. The average Bonchev–Trinajstić information content (AvgIpc) is 2.91. The maximum absolute atomic E-state index is 12.6. The molecule has 6 nitrogen and oxygen atoms in total. The summed E-state index contributed by atoms with van der Waals surface area (Å²) in [6.07, 6.45) is -1.48. The van der Waals surface area contributed by atoms with Crippen molar-refractivity contribution in [2.45, 2.75) is 6.18 Å². The zero-order valence-electron chi connectivity index (χ0n) is 12.0. The van der Waals surface area contributed by atoms with E-state index in [0.29, 0.717) is 5.56 Å². The molecule has 0 saturated carbocycles. The number of rotatable bonds is 2. The van der Waals surface area contributed by atoms with Gasteiger partial charge in [0, 0.05) is 18.0 Å². The van der Waals surface area contributed by atoms with E-state index >= 15 is 0 Å². The Hall–Kier alpha value is -3.41. The summed E-state index contributed by atoms with van der Waals surface area (Å²) in [6.45, 7) is 0. The molecule has 120 valence electrons. The third-order valence-corrected chi connectivity index (χ3v) is 3.26. The lowest BCUT2D eigenvalue weighted by Crippen LogP contribution is -2.06. The Morgan fingerprint density at radius 3 is 2.25 bits per heavy atom. The zero-order valence-corrected chi connectivity index (χ0v) is 12.0. The van der Waals surface area contributed by atoms with Gasteiger partial charge >= 0.3 is 6.18 Å². The first kappa shape index (κ1) is 15.5. The minimum atomic E-state index is -4.44. The Morgan fingerprint density at radius 2 is 1.71 bits per heavy atom. The van der Waals surface area contributed by atoms with Crippen LogP contribution in [0.25, 0.3) is 17.2 Å². The quantitative estimate of drug-likeness (QED) is 0.780. The summed E-state index contributed by atoms with van der Waals surface area (Å²) >= 11 is 0. The molecule has 3 aromatic rings. The molecule has 9 heteroatoms. The van der Waals surface area contributed by atoms with E-state index in [1.54, 1.807) is 6.07 Å². The van der Waals surface area contributed by atoms with Gasteiger partial charge in [-0.1, -0.05) is 12.1 Å². The first-order chi connectivity index (χ1) is 11.4. The molecule has 0 fully saturated rings. The fourth-order valence-corrected chi connectivity index (χ4v) is 2.11. The second-order valence-corrected chi connectivity index (χ2v) is 4.76. The van der Waals surface area contributed by atoms with Crippen molar-refractivity contribution in [3.63, 3.8) is 0 Å². The van der Waals surface area contributed by atoms with Gasteiger partial charge in [-0.05, 0) is 18.2 Å². The molecular weight excluding hydrogens is 321 g/mol. The highest BCUT2D eigenvalue weighted by atomic mass is 19.4. The van der Waals surface area contributed by atoms with Crippen LogP contribution < -0.4 is 5.73 Å². The van der Waals surface area contributed by atoms with Gasteiger partial charge in [0.1, 0.15) is 23.1 Å². The Kier molecular flexibility index (Phi) is 3.65. The molecule has 0 bridgehead atoms. The van der Waals surface area contributed by atoms with E-state index in [2.05, 4.69) is 15.1 Å². The van der Waals surface area contributed by atoms with Gasteiger partial charge in [0.2, 0.25) is 0 Å². The first-order valence-corrected chi connectivity index (χ1v) is 6.65. The van der Waals surface area contributed by atoms with Crippen molar-refractivity contribution < 1.29 is 13.2 Å². The number of hydrogen-bond acceptors (Lipinski definition) is 5. The van der Waals surface area contributed by atoms with Gasteiger partial charge in [-0.15, -0.1) is 0 Å². The fraction of sp³-hybridized carbons (Fsp3) is 0.0667. The second kappa shape index (κ2) is 5.66. The molecule has 0 atom stereocenters. The molecule has 0 radical (unpaired) electrons. The maximum atomic E-state index is 12.6. The molecule has 0 aliphatic carbocycles. The highest BCUT2D eigenvalue weighted by Gasteiger charge is 2.30. The van der Waals surface area contributed by atoms with E-state index in [1.807, 2.05) is 6.07 Å². The number of aromatic nitrogens is 4. The third-order valence-electron chi connectivity index (χ3n) is 3.26. The Labute approximate surface area is 134 Å². The molecule has 0 unspecified atom stereocenters. The third kappa shape index (κ3) is 2.65. The van der Waals surface area contributed by atoms with E-state index < -0.39 is 11.7 Å². The topological polar surface area (TPSA) is 93.4 Å². The Morgan fingerprint density at radius 1 is 1.08 bits per heavy atom. The van der Waals surface area contributed by atoms with E-state index in [0.717, 1.165) is 12.1 Å². The highest BCUT2D eigenvalue weighted by molar-refractivity contribution is 5.73. The summed E-state index contributed by atoms with van der Waals surface area (Å²) < 4.78 is 39.1. The summed E-state index contributed by atoms with van der Waals surface area (Å²) in [5.74, 6) is 0.170. The molecule has 0 saturated heterocycles. The molecule has 2 heterocycles. The van der Waals surface area contributed by atoms with E-state index in [9.17, 15) is 18.4 Å². The molecule has 2 N–H and O–H groups in total. The number of hydrogen-bond donors (Lipinski definition) is 1. The predicted octanol–water partition coefficient (Wildman–Crippen LogP) is 2.80. The van der Waals surface area contributed by atoms with Crippen molar-refractivity contribution in [2.24, 2.45) is 0 Å². The van der Waals surface area contributed by atoms with Crippen molar-refractivity contribution in [1.29, 1.82) is 5.26 Å². The van der Waals surface area contributed by atoms with Crippen LogP contribution in [0.5, 0.6) is 0 Å². The lowest BCUT2D eigenvalue weighted by Gasteiger charge is -2.06. The summed E-state index contributed by atoms with van der Waals surface area (Å²) in [7, 11) is 0. The number of nitrogens with zero attached hydrogens (tertiary/aromatic N) is 5. The molecule has 0 amide bonds. The standard InChI is InChI=1S/C15H9F3N6/c16-15(17,18)10-4-2-9(3-5-10)12-11(8-19)13(20)24(23-12)14-21-6-1-7-22-14/h1-7H,20H2. The summed E-state index contributed by atoms with van der Waals surface area (Å²) in [5.41, 5.74) is 5.65. The molecule has 2 aromatic heterocycles. The minimum absolute atomic E-state index is 0.0126. The first-order valence-electron chi connectivity index (χ1n) is 6.65. The predicted molar refractivity (Wildman–Crippen MR) is 78.7 cm³/mol. The van der Waals surface area contributed by atoms with Crippen molar-refractivity contribution >= 4 is 5.82 Å². The van der Waals surface area contributed by atoms with Crippen molar-refractivity contribution in [1.82, 2.24) is 19.7 Å². The van der Waals surface area contributed by atoms with Crippen LogP contribution in [-0.4, -0.2) is 19.7 Å². The molecule has 0 spiro atoms. The van der Waals surface area contributed by atoms with Gasteiger partial charge in [0.15, 0.2) is 0 Å². The van der Waals surface area contributed by atoms with Crippen LogP contribution in [0.15, 0.2) is 42.7 Å². The van der Waals surface area contributed by atoms with Crippen LogP contribution in [-0.2, 0) is 6.18 Å². The molecular formula is C15H9F3N6. The lowest BCUT2D eigenvalue weighted by atomic mass is 10.1. The van der Waals surface area contributed by atoms with Crippen molar-refractivity contribution in [2.75, 3.05) is 5.73 Å². The second-order valence-electron chi connectivity index (χ2n) is 4.76. The SMILES string of the molecule is N#Cc1c(-c2ccc(C(F)(F)F)cc2)nn(-c2ncccn2)c1N. The zero-order chi connectivity index (χ0) is 17.3. The van der Waals surface area contributed by atoms with Crippen LogP contribution in [0.3, 0.4) is 0 Å². The van der Waals surface area contributed by atoms with Gasteiger partial charge in [0.05, 0.1) is 5.56 Å². The molecule has 24 heavy (non-hydrogen) atoms. The Bertz CT molecular complexity index is 907. The summed E-state index contributed by atoms with van der Waals surface area (Å²) in [5, 5.41) is 13.5. The average molecular weight is 330 g/mol. The number of nitrogens with two attached hydrogens (primary N) is 1. The van der Waals surface area contributed by atoms with Gasteiger partial charge < -0.3 is 5.73 Å². The number of benzene rings is 1. The molecule has 3 rings (SSSR count). The monoisotopic (exact) mass is 330 g/mol. The smallest absolute Gasteiger partial charge is 0.382 e. The van der Waals surface area contributed by atoms with Gasteiger partial charge in [-0.25, -0.2) is 9.97 Å². The normalized spacial score (nSPS) is 11.2. The van der Waals surface area contributed by atoms with Crippen molar-refractivity contribution in [3.05, 3.63) is 53.9 Å². The van der Waals surface area contributed by atoms with Crippen LogP contribution in [0.4, 0.5) is 19.0 Å². The minimum Gasteiger partial charge on any atom is -0.382 e. The number of halogens is 3. The lowest BCUT2D eigenvalue weighted by molar-refractivity contribution is -0.137. The van der Waals surface area contributed by atoms with Crippen LogP contribution in [0.2, 0.25) is 0 Å². The van der Waals surface area contributed by atoms with Gasteiger partial charge in [-0.2, -0.15) is 28.2 Å². The highest BCUT2D eigenvalue weighted by Crippen LogP contribution is 2.32. The number of nitrogen functional groups attached to an aromatic ring is 1. The summed E-state index contributed by atoms with van der Waals surface area (Å²) in [6, 6.07) is 7.83. The van der Waals surface area contributed by atoms with Crippen molar-refractivity contribution in [3.8, 4) is 23.3 Å². The van der Waals surface area contributed by atoms with E-state index in [-0.39, 0.29) is 23.0 Å². The molecule has 1 aromatic carbocycles. The van der Waals surface area contributed by atoms with Crippen LogP contribution in [0.1, 0.15) is 11.1 Å². The van der Waals surface area contributed by atoms with Crippen LogP contribution in [0, 0.1) is 11.3 Å². The van der Waals surface area contributed by atoms with Crippen LogP contribution >= 0.6 is 0 Å². The van der Waals surface area contributed by atoms with Gasteiger partial charge in [0.25, 0.3) is 5.95 Å². The largest absolute Gasteiger partial charge is 0.416 e. The molecule has 0 aliphatic heterocycles. The number of anilines is 1. The van der Waals surface area contributed by atoms with Gasteiger partial charge in [-0.3, -0.25) is 0 Å². The van der Waals surface area contributed by atoms with E-state index in [1.165, 1.54) is 29.2 Å². The molecule has 0 aliphatic rings. The maximum Gasteiger partial charge on any atom is 0.416 e. The van der Waals surface area contributed by atoms with E-state index in [4.69, 9.17) is 5.73 Å². The Balaban J connectivity index is 2.11. The number of nitriles is 1. The fourth-order valence-electron chi connectivity index (χ4n) is 2.11.